The van der Waals surface area contributed by atoms with E-state index >= 15 is 0 Å². The third-order valence-electron chi connectivity index (χ3n) is 2.34. The van der Waals surface area contributed by atoms with E-state index in [9.17, 15) is 13.2 Å². The molecule has 0 aliphatic carbocycles. The largest absolute Gasteiger partial charge is 0.497 e. The van der Waals surface area contributed by atoms with Crippen molar-refractivity contribution in [3.05, 3.63) is 34.9 Å². The molecule has 0 saturated heterocycles. The van der Waals surface area contributed by atoms with Crippen molar-refractivity contribution in [1.29, 1.82) is 0 Å². The van der Waals surface area contributed by atoms with Crippen molar-refractivity contribution in [2.24, 2.45) is 10.1 Å². The Balaban J connectivity index is 2.23. The topological polar surface area (TPSA) is 108 Å². The van der Waals surface area contributed by atoms with E-state index in [-0.39, 0.29) is 11.3 Å². The average Bonchev–Trinajstić information content (AvgIpc) is 2.65. The van der Waals surface area contributed by atoms with Crippen molar-refractivity contribution < 1.29 is 22.7 Å². The van der Waals surface area contributed by atoms with Crippen LogP contribution in [0.3, 0.4) is 0 Å². The van der Waals surface area contributed by atoms with Crippen LogP contribution >= 0.6 is 0 Å². The number of rotatable bonds is 3. The van der Waals surface area contributed by atoms with Gasteiger partial charge in [0.25, 0.3) is 10.0 Å². The smallest absolute Gasteiger partial charge is 0.348 e. The van der Waals surface area contributed by atoms with Crippen molar-refractivity contribution in [1.82, 2.24) is 0 Å². The molecule has 1 heterocycles. The van der Waals surface area contributed by atoms with E-state index < -0.39 is 21.0 Å². The van der Waals surface area contributed by atoms with E-state index in [1.54, 1.807) is 12.1 Å². The number of esters is 1. The molecule has 1 aromatic carbocycles. The zero-order chi connectivity index (χ0) is 14.0. The van der Waals surface area contributed by atoms with E-state index in [2.05, 4.69) is 4.40 Å². The van der Waals surface area contributed by atoms with Crippen molar-refractivity contribution in [3.8, 4) is 11.5 Å². The first-order valence-electron chi connectivity index (χ1n) is 5.10. The van der Waals surface area contributed by atoms with Crippen LogP contribution in [0.2, 0.25) is 0 Å². The molecule has 0 saturated carbocycles. The van der Waals surface area contributed by atoms with E-state index in [1.165, 1.54) is 19.2 Å². The van der Waals surface area contributed by atoms with Crippen LogP contribution in [0.4, 0.5) is 0 Å². The van der Waals surface area contributed by atoms with Gasteiger partial charge in [-0.15, -0.1) is 0 Å². The standard InChI is InChI=1S/C11H10N2O5S/c1-17-7-3-2-4-8(5-7)18-11(14)9-6-13-19(15,16)10(9)12/h2-6H,12H2,1H3. The first-order chi connectivity index (χ1) is 8.94. The van der Waals surface area contributed by atoms with Gasteiger partial charge in [-0.05, 0) is 12.1 Å². The Labute approximate surface area is 109 Å². The lowest BCUT2D eigenvalue weighted by Gasteiger charge is -2.05. The molecular weight excluding hydrogens is 272 g/mol. The summed E-state index contributed by atoms with van der Waals surface area (Å²) in [5.74, 6) is -0.183. The fraction of sp³-hybridized carbons (Fsp3) is 0.0909. The first kappa shape index (κ1) is 13.1. The summed E-state index contributed by atoms with van der Waals surface area (Å²) in [6.45, 7) is 0. The van der Waals surface area contributed by atoms with Crippen LogP contribution in [0.15, 0.2) is 39.3 Å². The molecule has 100 valence electrons. The maximum absolute atomic E-state index is 11.8. The molecule has 0 atom stereocenters. The van der Waals surface area contributed by atoms with Crippen LogP contribution in [-0.4, -0.2) is 27.7 Å². The van der Waals surface area contributed by atoms with Crippen LogP contribution < -0.4 is 15.2 Å². The molecule has 0 radical (unpaired) electrons. The summed E-state index contributed by atoms with van der Waals surface area (Å²) in [4.78, 5) is 11.8. The second-order valence-electron chi connectivity index (χ2n) is 3.56. The summed E-state index contributed by atoms with van der Waals surface area (Å²) in [5, 5.41) is -0.611. The lowest BCUT2D eigenvalue weighted by atomic mass is 10.3. The van der Waals surface area contributed by atoms with E-state index in [4.69, 9.17) is 15.2 Å². The van der Waals surface area contributed by atoms with Gasteiger partial charge < -0.3 is 15.2 Å². The minimum absolute atomic E-state index is 0.211. The van der Waals surface area contributed by atoms with Crippen molar-refractivity contribution in [3.63, 3.8) is 0 Å². The molecule has 1 aliphatic rings. The second kappa shape index (κ2) is 4.73. The highest BCUT2D eigenvalue weighted by Crippen LogP contribution is 2.21. The van der Waals surface area contributed by atoms with Gasteiger partial charge in [-0.3, -0.25) is 0 Å². The zero-order valence-electron chi connectivity index (χ0n) is 9.86. The highest BCUT2D eigenvalue weighted by Gasteiger charge is 2.28. The van der Waals surface area contributed by atoms with Gasteiger partial charge in [-0.1, -0.05) is 6.07 Å². The van der Waals surface area contributed by atoms with E-state index in [1.807, 2.05) is 0 Å². The van der Waals surface area contributed by atoms with Gasteiger partial charge in [-0.2, -0.15) is 12.8 Å². The molecule has 0 spiro atoms. The summed E-state index contributed by atoms with van der Waals surface area (Å²) < 4.78 is 35.5. The maximum Gasteiger partial charge on any atom is 0.348 e. The lowest BCUT2D eigenvalue weighted by Crippen LogP contribution is -2.17. The minimum atomic E-state index is -3.92. The van der Waals surface area contributed by atoms with Gasteiger partial charge in [0.15, 0.2) is 5.03 Å². The van der Waals surface area contributed by atoms with E-state index in [0.717, 1.165) is 6.21 Å². The van der Waals surface area contributed by atoms with Crippen LogP contribution in [-0.2, 0) is 14.8 Å². The predicted octanol–water partition coefficient (Wildman–Crippen LogP) is 0.185. The second-order valence-corrected chi connectivity index (χ2v) is 5.16. The molecule has 0 unspecified atom stereocenters. The number of ether oxygens (including phenoxy) is 2. The van der Waals surface area contributed by atoms with Gasteiger partial charge >= 0.3 is 5.97 Å². The van der Waals surface area contributed by atoms with E-state index in [0.29, 0.717) is 5.75 Å². The maximum atomic E-state index is 11.8. The number of hydrogen-bond donors (Lipinski definition) is 1. The van der Waals surface area contributed by atoms with Crippen molar-refractivity contribution in [2.45, 2.75) is 0 Å². The highest BCUT2D eigenvalue weighted by molar-refractivity contribution is 7.94. The molecule has 19 heavy (non-hydrogen) atoms. The summed E-state index contributed by atoms with van der Waals surface area (Å²) in [6.07, 6.45) is 0.868. The lowest BCUT2D eigenvalue weighted by molar-refractivity contribution is -0.129. The Morgan fingerprint density at radius 3 is 2.58 bits per heavy atom. The van der Waals surface area contributed by atoms with Crippen LogP contribution in [0.1, 0.15) is 0 Å². The Morgan fingerprint density at radius 2 is 2.00 bits per heavy atom. The Kier molecular flexibility index (Phi) is 3.26. The molecule has 2 rings (SSSR count). The molecule has 8 heteroatoms. The molecular formula is C11H10N2O5S. The first-order valence-corrected chi connectivity index (χ1v) is 6.54. The summed E-state index contributed by atoms with van der Waals surface area (Å²) >= 11 is 0. The number of nitrogens with zero attached hydrogens (tertiary/aromatic N) is 1. The summed E-state index contributed by atoms with van der Waals surface area (Å²) in [6, 6.07) is 6.30. The molecule has 1 aliphatic heterocycles. The van der Waals surface area contributed by atoms with Gasteiger partial charge in [-0.25, -0.2) is 4.79 Å². The number of benzene rings is 1. The molecule has 0 bridgehead atoms. The van der Waals surface area contributed by atoms with Crippen LogP contribution in [0, 0.1) is 0 Å². The molecule has 7 nitrogen and oxygen atoms in total. The number of hydrogen-bond acceptors (Lipinski definition) is 6. The van der Waals surface area contributed by atoms with Gasteiger partial charge in [0.1, 0.15) is 17.1 Å². The molecule has 0 fully saturated rings. The van der Waals surface area contributed by atoms with Crippen molar-refractivity contribution in [2.75, 3.05) is 7.11 Å². The fourth-order valence-electron chi connectivity index (χ4n) is 1.36. The molecule has 0 amide bonds. The fourth-order valence-corrected chi connectivity index (χ4v) is 2.13. The number of methoxy groups -OCH3 is 1. The van der Waals surface area contributed by atoms with Crippen molar-refractivity contribution >= 4 is 22.2 Å². The highest BCUT2D eigenvalue weighted by atomic mass is 32.2. The monoisotopic (exact) mass is 282 g/mol. The van der Waals surface area contributed by atoms with Crippen LogP contribution in [0.25, 0.3) is 0 Å². The third-order valence-corrected chi connectivity index (χ3v) is 3.49. The SMILES string of the molecule is COc1cccc(OC(=O)C2=C(N)S(=O)(=O)N=C2)c1. The molecule has 0 aromatic heterocycles. The Bertz CT molecular complexity index is 691. The minimum Gasteiger partial charge on any atom is -0.497 e. The Hall–Kier alpha value is -2.35. The number of nitrogens with two attached hydrogens (primary N) is 1. The molecule has 1 aromatic rings. The van der Waals surface area contributed by atoms with Gasteiger partial charge in [0, 0.05) is 6.07 Å². The average molecular weight is 282 g/mol. The quantitative estimate of drug-likeness (QED) is 0.626. The zero-order valence-corrected chi connectivity index (χ0v) is 10.7. The number of carbonyl (C=O) groups excluding carboxylic acids is 1. The van der Waals surface area contributed by atoms with Crippen LogP contribution in [0.5, 0.6) is 11.5 Å². The van der Waals surface area contributed by atoms with Gasteiger partial charge in [0.05, 0.1) is 13.3 Å². The summed E-state index contributed by atoms with van der Waals surface area (Å²) in [7, 11) is -2.45. The number of sulfonamides is 1. The Morgan fingerprint density at radius 1 is 1.32 bits per heavy atom. The van der Waals surface area contributed by atoms with Gasteiger partial charge in [0.2, 0.25) is 0 Å². The molecule has 2 N–H and O–H groups in total. The number of carbonyl (C=O) groups is 1. The summed E-state index contributed by atoms with van der Waals surface area (Å²) in [5.41, 5.74) is 5.02. The predicted molar refractivity (Wildman–Crippen MR) is 67.3 cm³/mol. The normalized spacial score (nSPS) is 16.5. The third kappa shape index (κ3) is 2.58.